The van der Waals surface area contributed by atoms with Crippen LogP contribution in [0.3, 0.4) is 0 Å². The molecule has 0 saturated heterocycles. The van der Waals surface area contributed by atoms with Gasteiger partial charge < -0.3 is 4.98 Å². The molecule has 0 radical (unpaired) electrons. The van der Waals surface area contributed by atoms with Gasteiger partial charge in [0, 0.05) is 0 Å². The lowest BCUT2D eigenvalue weighted by molar-refractivity contribution is 1.21. The predicted molar refractivity (Wildman–Crippen MR) is 67.0 cm³/mol. The van der Waals surface area contributed by atoms with Gasteiger partial charge in [0.1, 0.15) is 10.3 Å². The second kappa shape index (κ2) is 3.72. The van der Waals surface area contributed by atoms with Crippen molar-refractivity contribution < 1.29 is 0 Å². The van der Waals surface area contributed by atoms with E-state index in [2.05, 4.69) is 30.9 Å². The Labute approximate surface area is 101 Å². The predicted octanol–water partition coefficient (Wildman–Crippen LogP) is 3.39. The number of H-pyrrole nitrogens is 1. The molecule has 78 valence electrons. The number of halogens is 1. The van der Waals surface area contributed by atoms with Crippen molar-refractivity contribution in [1.82, 2.24) is 15.0 Å². The number of hydrogen-bond acceptors (Lipinski definition) is 2. The summed E-state index contributed by atoms with van der Waals surface area (Å²) in [5, 5.41) is 0. The highest BCUT2D eigenvalue weighted by atomic mass is 79.9. The molecule has 2 aromatic heterocycles. The molecule has 0 amide bonds. The van der Waals surface area contributed by atoms with Gasteiger partial charge in [0.15, 0.2) is 5.82 Å². The molecule has 0 fully saturated rings. The van der Waals surface area contributed by atoms with E-state index in [0.717, 1.165) is 27.2 Å². The van der Waals surface area contributed by atoms with Gasteiger partial charge in [-0.1, -0.05) is 18.2 Å². The summed E-state index contributed by atoms with van der Waals surface area (Å²) in [4.78, 5) is 12.1. The van der Waals surface area contributed by atoms with Crippen molar-refractivity contribution in [3.8, 4) is 11.5 Å². The molecule has 0 unspecified atom stereocenters. The van der Waals surface area contributed by atoms with Gasteiger partial charge in [0.25, 0.3) is 0 Å². The van der Waals surface area contributed by atoms with Gasteiger partial charge in [-0.3, -0.25) is 0 Å². The first kappa shape index (κ1) is 9.54. The van der Waals surface area contributed by atoms with E-state index in [1.54, 1.807) is 0 Å². The minimum atomic E-state index is 0.794. The van der Waals surface area contributed by atoms with Gasteiger partial charge in [0.2, 0.25) is 0 Å². The number of aromatic amines is 1. The van der Waals surface area contributed by atoms with Crippen LogP contribution in [-0.4, -0.2) is 15.0 Å². The quantitative estimate of drug-likeness (QED) is 0.691. The van der Waals surface area contributed by atoms with Crippen molar-refractivity contribution in [2.45, 2.75) is 0 Å². The lowest BCUT2D eigenvalue weighted by Crippen LogP contribution is -1.85. The van der Waals surface area contributed by atoms with Gasteiger partial charge in [-0.25, -0.2) is 9.97 Å². The van der Waals surface area contributed by atoms with Crippen molar-refractivity contribution in [2.24, 2.45) is 0 Å². The Morgan fingerprint density at radius 2 is 1.81 bits per heavy atom. The van der Waals surface area contributed by atoms with Crippen LogP contribution < -0.4 is 0 Å². The average Bonchev–Trinajstić information content (AvgIpc) is 2.72. The van der Waals surface area contributed by atoms with Gasteiger partial charge >= 0.3 is 0 Å². The molecule has 0 aliphatic rings. The number of aromatic nitrogens is 3. The molecule has 3 nitrogen and oxygen atoms in total. The van der Waals surface area contributed by atoms with E-state index < -0.39 is 0 Å². The van der Waals surface area contributed by atoms with Crippen molar-refractivity contribution in [3.63, 3.8) is 0 Å². The Hall–Kier alpha value is -1.68. The summed E-state index contributed by atoms with van der Waals surface area (Å²) in [6, 6.07) is 13.7. The van der Waals surface area contributed by atoms with Crippen LogP contribution in [0.4, 0.5) is 0 Å². The summed E-state index contributed by atoms with van der Waals surface area (Å²) in [6.45, 7) is 0. The smallest absolute Gasteiger partial charge is 0.157 e. The van der Waals surface area contributed by atoms with Gasteiger partial charge in [-0.15, -0.1) is 0 Å². The molecule has 2 heterocycles. The molecule has 4 heteroatoms. The van der Waals surface area contributed by atoms with Gasteiger partial charge in [0.05, 0.1) is 11.0 Å². The van der Waals surface area contributed by atoms with E-state index in [9.17, 15) is 0 Å². The summed E-state index contributed by atoms with van der Waals surface area (Å²) in [7, 11) is 0. The molecular weight excluding hydrogens is 266 g/mol. The normalized spacial score (nSPS) is 10.8. The Balaban J connectivity index is 2.19. The summed E-state index contributed by atoms with van der Waals surface area (Å²) >= 11 is 3.35. The molecule has 3 rings (SSSR count). The van der Waals surface area contributed by atoms with E-state index in [4.69, 9.17) is 0 Å². The van der Waals surface area contributed by atoms with E-state index in [-0.39, 0.29) is 0 Å². The third-order valence-corrected chi connectivity index (χ3v) is 2.79. The maximum Gasteiger partial charge on any atom is 0.157 e. The molecule has 16 heavy (non-hydrogen) atoms. The van der Waals surface area contributed by atoms with Crippen LogP contribution in [0.2, 0.25) is 0 Å². The Morgan fingerprint density at radius 1 is 0.938 bits per heavy atom. The van der Waals surface area contributed by atoms with Crippen molar-refractivity contribution in [2.75, 3.05) is 0 Å². The Kier molecular flexibility index (Phi) is 2.22. The van der Waals surface area contributed by atoms with Crippen molar-refractivity contribution in [3.05, 3.63) is 47.1 Å². The highest BCUT2D eigenvalue weighted by Gasteiger charge is 2.05. The summed E-state index contributed by atoms with van der Waals surface area (Å²) in [5.74, 6) is 0.794. The van der Waals surface area contributed by atoms with E-state index >= 15 is 0 Å². The standard InChI is InChI=1S/C12H8BrN3/c13-11-7-3-6-10(14-11)12-15-8-4-1-2-5-9(8)16-12/h1-7H,(H,15,16). The van der Waals surface area contributed by atoms with Crippen LogP contribution in [0.25, 0.3) is 22.6 Å². The molecule has 0 aliphatic carbocycles. The molecule has 0 atom stereocenters. The number of rotatable bonds is 1. The lowest BCUT2D eigenvalue weighted by Gasteiger charge is -1.95. The Bertz CT molecular complexity index is 612. The topological polar surface area (TPSA) is 41.6 Å². The van der Waals surface area contributed by atoms with Crippen LogP contribution in [0.15, 0.2) is 47.1 Å². The maximum absolute atomic E-state index is 4.49. The van der Waals surface area contributed by atoms with Crippen molar-refractivity contribution >= 4 is 27.0 Å². The highest BCUT2D eigenvalue weighted by molar-refractivity contribution is 9.10. The van der Waals surface area contributed by atoms with Gasteiger partial charge in [-0.05, 0) is 40.2 Å². The molecule has 3 aromatic rings. The third-order valence-electron chi connectivity index (χ3n) is 2.35. The number of nitrogens with zero attached hydrogens (tertiary/aromatic N) is 2. The minimum absolute atomic E-state index is 0.794. The number of para-hydroxylation sites is 2. The number of imidazole rings is 1. The number of nitrogens with one attached hydrogen (secondary N) is 1. The minimum Gasteiger partial charge on any atom is -0.337 e. The first-order chi connectivity index (χ1) is 7.83. The van der Waals surface area contributed by atoms with Crippen LogP contribution in [0.5, 0.6) is 0 Å². The Morgan fingerprint density at radius 3 is 2.62 bits per heavy atom. The van der Waals surface area contributed by atoms with Crippen LogP contribution >= 0.6 is 15.9 Å². The molecule has 0 aliphatic heterocycles. The SMILES string of the molecule is Brc1cccc(-c2nc3ccccc3[nH]2)n1. The molecular formula is C12H8BrN3. The number of benzene rings is 1. The van der Waals surface area contributed by atoms with Crippen LogP contribution in [-0.2, 0) is 0 Å². The first-order valence-electron chi connectivity index (χ1n) is 4.90. The molecule has 1 N–H and O–H groups in total. The zero-order chi connectivity index (χ0) is 11.0. The van der Waals surface area contributed by atoms with Crippen LogP contribution in [0, 0.1) is 0 Å². The van der Waals surface area contributed by atoms with Crippen LogP contribution in [0.1, 0.15) is 0 Å². The molecule has 0 saturated carbocycles. The fraction of sp³-hybridized carbons (Fsp3) is 0. The fourth-order valence-corrected chi connectivity index (χ4v) is 1.96. The molecule has 0 bridgehead atoms. The zero-order valence-corrected chi connectivity index (χ0v) is 9.90. The monoisotopic (exact) mass is 273 g/mol. The first-order valence-corrected chi connectivity index (χ1v) is 5.70. The van der Waals surface area contributed by atoms with E-state index in [0.29, 0.717) is 0 Å². The second-order valence-corrected chi connectivity index (χ2v) is 4.26. The fourth-order valence-electron chi connectivity index (χ4n) is 1.61. The largest absolute Gasteiger partial charge is 0.337 e. The summed E-state index contributed by atoms with van der Waals surface area (Å²) in [6.07, 6.45) is 0. The molecule has 0 spiro atoms. The summed E-state index contributed by atoms with van der Waals surface area (Å²) < 4.78 is 0.811. The van der Waals surface area contributed by atoms with E-state index in [1.165, 1.54) is 0 Å². The zero-order valence-electron chi connectivity index (χ0n) is 8.31. The number of hydrogen-bond donors (Lipinski definition) is 1. The molecule has 1 aromatic carbocycles. The highest BCUT2D eigenvalue weighted by Crippen LogP contribution is 2.19. The lowest BCUT2D eigenvalue weighted by atomic mass is 10.3. The number of fused-ring (bicyclic) bond motifs is 1. The number of pyridine rings is 1. The van der Waals surface area contributed by atoms with Gasteiger partial charge in [-0.2, -0.15) is 0 Å². The second-order valence-electron chi connectivity index (χ2n) is 3.45. The van der Waals surface area contributed by atoms with Crippen molar-refractivity contribution in [1.29, 1.82) is 0 Å². The maximum atomic E-state index is 4.49. The summed E-state index contributed by atoms with van der Waals surface area (Å²) in [5.41, 5.74) is 2.82. The third kappa shape index (κ3) is 1.61. The van der Waals surface area contributed by atoms with E-state index in [1.807, 2.05) is 42.5 Å². The average molecular weight is 274 g/mol.